The van der Waals surface area contributed by atoms with Crippen molar-refractivity contribution >= 4 is 33.3 Å². The van der Waals surface area contributed by atoms with E-state index in [9.17, 15) is 4.79 Å². The zero-order valence-electron chi connectivity index (χ0n) is 13.2. The maximum Gasteiger partial charge on any atom is 0.174 e. The average molecular weight is 384 g/mol. The molecule has 1 nitrogen and oxygen atoms in total. The molecular weight excluding hydrogens is 360 g/mol. The Balaban J connectivity index is 1.66. The SMILES string of the molecule is C[C@]12CC[C@H]3[C@@H](CCC4=C(Cl)C(=O)CC[C@@H]43)[C@@H]1CCC2=CBr. The number of allylic oxidation sites excluding steroid dienone is 2. The van der Waals surface area contributed by atoms with Gasteiger partial charge in [0.15, 0.2) is 5.78 Å². The van der Waals surface area contributed by atoms with Crippen LogP contribution in [0.3, 0.4) is 0 Å². The molecule has 120 valence electrons. The van der Waals surface area contributed by atoms with Crippen molar-refractivity contribution in [2.75, 3.05) is 0 Å². The summed E-state index contributed by atoms with van der Waals surface area (Å²) in [5.74, 6) is 3.25. The molecule has 0 heterocycles. The first kappa shape index (κ1) is 15.4. The summed E-state index contributed by atoms with van der Waals surface area (Å²) in [5.41, 5.74) is 3.37. The molecule has 0 amide bonds. The number of rotatable bonds is 0. The van der Waals surface area contributed by atoms with Crippen LogP contribution in [0.4, 0.5) is 0 Å². The van der Waals surface area contributed by atoms with E-state index in [1.54, 1.807) is 5.57 Å². The molecule has 4 rings (SSSR count). The van der Waals surface area contributed by atoms with E-state index in [4.69, 9.17) is 11.6 Å². The predicted octanol–water partition coefficient (Wildman–Crippen LogP) is 5.97. The maximum absolute atomic E-state index is 11.9. The molecule has 5 atom stereocenters. The summed E-state index contributed by atoms with van der Waals surface area (Å²) in [6.45, 7) is 2.50. The molecule has 0 saturated heterocycles. The topological polar surface area (TPSA) is 17.1 Å². The van der Waals surface area contributed by atoms with Gasteiger partial charge in [-0.1, -0.05) is 40.0 Å². The lowest BCUT2D eigenvalue weighted by atomic mass is 9.52. The van der Waals surface area contributed by atoms with Crippen LogP contribution in [0.25, 0.3) is 0 Å². The molecule has 0 N–H and O–H groups in total. The highest BCUT2D eigenvalue weighted by Crippen LogP contribution is 2.63. The molecular formula is C19H24BrClO. The van der Waals surface area contributed by atoms with E-state index in [0.29, 0.717) is 22.8 Å². The van der Waals surface area contributed by atoms with Gasteiger partial charge < -0.3 is 0 Å². The molecule has 0 radical (unpaired) electrons. The van der Waals surface area contributed by atoms with E-state index < -0.39 is 0 Å². The van der Waals surface area contributed by atoms with Gasteiger partial charge in [0.1, 0.15) is 0 Å². The second kappa shape index (κ2) is 5.48. The minimum Gasteiger partial charge on any atom is -0.293 e. The molecule has 22 heavy (non-hydrogen) atoms. The molecule has 0 spiro atoms. The van der Waals surface area contributed by atoms with Crippen LogP contribution in [0.15, 0.2) is 21.2 Å². The number of carbonyl (C=O) groups is 1. The highest BCUT2D eigenvalue weighted by molar-refractivity contribution is 9.11. The van der Waals surface area contributed by atoms with Crippen molar-refractivity contribution in [2.24, 2.45) is 29.1 Å². The molecule has 0 aromatic heterocycles. The fourth-order valence-electron chi connectivity index (χ4n) is 6.26. The maximum atomic E-state index is 11.9. The van der Waals surface area contributed by atoms with E-state index in [2.05, 4.69) is 27.8 Å². The summed E-state index contributed by atoms with van der Waals surface area (Å²) in [6.07, 6.45) is 9.28. The Morgan fingerprint density at radius 2 is 1.95 bits per heavy atom. The number of Topliss-reactive ketones (excluding diaryl/α,β-unsaturated/α-hetero) is 1. The van der Waals surface area contributed by atoms with E-state index in [1.165, 1.54) is 37.7 Å². The van der Waals surface area contributed by atoms with E-state index in [-0.39, 0.29) is 5.78 Å². The first-order valence-corrected chi connectivity index (χ1v) is 10.1. The van der Waals surface area contributed by atoms with Gasteiger partial charge in [-0.05, 0) is 84.6 Å². The lowest BCUT2D eigenvalue weighted by Crippen LogP contribution is -2.45. The Hall–Kier alpha value is -0.0800. The van der Waals surface area contributed by atoms with Crippen molar-refractivity contribution in [2.45, 2.75) is 58.3 Å². The number of ketones is 1. The molecule has 4 aliphatic rings. The Kier molecular flexibility index (Phi) is 3.85. The van der Waals surface area contributed by atoms with Gasteiger partial charge in [0.05, 0.1) is 5.03 Å². The van der Waals surface area contributed by atoms with Gasteiger partial charge in [0, 0.05) is 6.42 Å². The van der Waals surface area contributed by atoms with Crippen LogP contribution in [0.1, 0.15) is 58.3 Å². The minimum absolute atomic E-state index is 0.192. The van der Waals surface area contributed by atoms with Crippen molar-refractivity contribution in [3.8, 4) is 0 Å². The number of hydrogen-bond acceptors (Lipinski definition) is 1. The van der Waals surface area contributed by atoms with Gasteiger partial charge in [0.2, 0.25) is 0 Å². The third-order valence-electron chi connectivity index (χ3n) is 7.39. The Morgan fingerprint density at radius 3 is 2.73 bits per heavy atom. The van der Waals surface area contributed by atoms with Crippen LogP contribution in [0.5, 0.6) is 0 Å². The lowest BCUT2D eigenvalue weighted by Gasteiger charge is -2.53. The molecule has 3 saturated carbocycles. The fraction of sp³-hybridized carbons (Fsp3) is 0.737. The standard InChI is InChI=1S/C19H24BrClO/c1-19-9-8-13-12-5-7-17(22)18(21)15(12)4-3-14(13)16(19)6-2-11(19)10-20/h10,12-14,16H,2-9H2,1H3/t12-,13-,14-,16+,19-/m1/s1. The summed E-state index contributed by atoms with van der Waals surface area (Å²) in [7, 11) is 0. The zero-order chi connectivity index (χ0) is 15.5. The summed E-state index contributed by atoms with van der Waals surface area (Å²) >= 11 is 9.98. The number of fused-ring (bicyclic) bond motifs is 5. The minimum atomic E-state index is 0.192. The van der Waals surface area contributed by atoms with Gasteiger partial charge in [-0.2, -0.15) is 0 Å². The van der Waals surface area contributed by atoms with Gasteiger partial charge in [-0.15, -0.1) is 0 Å². The summed E-state index contributed by atoms with van der Waals surface area (Å²) in [4.78, 5) is 14.1. The van der Waals surface area contributed by atoms with Crippen LogP contribution in [0, 0.1) is 29.1 Å². The first-order valence-electron chi connectivity index (χ1n) is 8.77. The fourth-order valence-corrected chi connectivity index (χ4v) is 7.34. The number of carbonyl (C=O) groups excluding carboxylic acids is 1. The van der Waals surface area contributed by atoms with Gasteiger partial charge >= 0.3 is 0 Å². The van der Waals surface area contributed by atoms with Gasteiger partial charge in [-0.3, -0.25) is 4.79 Å². The Morgan fingerprint density at radius 1 is 1.14 bits per heavy atom. The summed E-state index contributed by atoms with van der Waals surface area (Å²) in [5, 5.41) is 0.607. The van der Waals surface area contributed by atoms with Crippen molar-refractivity contribution < 1.29 is 4.79 Å². The highest BCUT2D eigenvalue weighted by atomic mass is 79.9. The van der Waals surface area contributed by atoms with Crippen LogP contribution in [0.2, 0.25) is 0 Å². The van der Waals surface area contributed by atoms with Crippen molar-refractivity contribution in [1.29, 1.82) is 0 Å². The zero-order valence-corrected chi connectivity index (χ0v) is 15.5. The van der Waals surface area contributed by atoms with Crippen molar-refractivity contribution in [3.63, 3.8) is 0 Å². The molecule has 0 bridgehead atoms. The summed E-state index contributed by atoms with van der Waals surface area (Å²) < 4.78 is 0. The normalized spacial score (nSPS) is 46.5. The van der Waals surface area contributed by atoms with Crippen molar-refractivity contribution in [1.82, 2.24) is 0 Å². The van der Waals surface area contributed by atoms with E-state index >= 15 is 0 Å². The molecule has 3 fully saturated rings. The van der Waals surface area contributed by atoms with E-state index in [1.807, 2.05) is 0 Å². The van der Waals surface area contributed by atoms with Gasteiger partial charge in [0.25, 0.3) is 0 Å². The quantitative estimate of drug-likeness (QED) is 0.503. The molecule has 0 aliphatic heterocycles. The largest absolute Gasteiger partial charge is 0.293 e. The first-order chi connectivity index (χ1) is 10.6. The third-order valence-corrected chi connectivity index (χ3v) is 8.40. The van der Waals surface area contributed by atoms with Crippen LogP contribution >= 0.6 is 27.5 Å². The Bertz CT molecular complexity index is 578. The average Bonchev–Trinajstić information content (AvgIpc) is 2.87. The molecule has 0 aromatic carbocycles. The summed E-state index contributed by atoms with van der Waals surface area (Å²) in [6, 6.07) is 0. The second-order valence-corrected chi connectivity index (χ2v) is 8.85. The third kappa shape index (κ3) is 2.05. The molecule has 0 unspecified atom stereocenters. The number of hydrogen-bond donors (Lipinski definition) is 0. The highest BCUT2D eigenvalue weighted by Gasteiger charge is 2.54. The van der Waals surface area contributed by atoms with Crippen molar-refractivity contribution in [3.05, 3.63) is 21.2 Å². The predicted molar refractivity (Wildman–Crippen MR) is 93.9 cm³/mol. The smallest absolute Gasteiger partial charge is 0.174 e. The van der Waals surface area contributed by atoms with Gasteiger partial charge in [-0.25, -0.2) is 0 Å². The Labute approximate surface area is 146 Å². The molecule has 4 aliphatic carbocycles. The van der Waals surface area contributed by atoms with Crippen LogP contribution < -0.4 is 0 Å². The number of halogens is 2. The molecule has 0 aromatic rings. The second-order valence-electron chi connectivity index (χ2n) is 8.01. The van der Waals surface area contributed by atoms with Crippen LogP contribution in [-0.2, 0) is 4.79 Å². The van der Waals surface area contributed by atoms with Crippen LogP contribution in [-0.4, -0.2) is 5.78 Å². The molecule has 3 heteroatoms. The monoisotopic (exact) mass is 382 g/mol. The lowest BCUT2D eigenvalue weighted by molar-refractivity contribution is -0.116. The van der Waals surface area contributed by atoms with E-state index in [0.717, 1.165) is 30.6 Å².